The standard InChI is InChI=1S/C12H16N2O4/c13-6-9-7-14(3-4-18-9)12(17)10-2-1-8(15)5-11(10)16/h1-2,5,9,15-16H,3-4,6-7,13H2. The molecule has 6 nitrogen and oxygen atoms in total. The number of benzene rings is 1. The molecule has 1 aliphatic rings. The van der Waals surface area contributed by atoms with Crippen molar-refractivity contribution in [3.05, 3.63) is 23.8 Å². The fraction of sp³-hybridized carbons (Fsp3) is 0.417. The molecule has 0 saturated carbocycles. The number of rotatable bonds is 2. The molecule has 18 heavy (non-hydrogen) atoms. The highest BCUT2D eigenvalue weighted by molar-refractivity contribution is 5.97. The lowest BCUT2D eigenvalue weighted by Crippen LogP contribution is -2.48. The minimum Gasteiger partial charge on any atom is -0.508 e. The molecule has 98 valence electrons. The Morgan fingerprint density at radius 3 is 2.94 bits per heavy atom. The third-order valence-corrected chi connectivity index (χ3v) is 2.90. The zero-order chi connectivity index (χ0) is 13.1. The van der Waals surface area contributed by atoms with Crippen molar-refractivity contribution in [2.24, 2.45) is 5.73 Å². The third-order valence-electron chi connectivity index (χ3n) is 2.90. The van der Waals surface area contributed by atoms with Gasteiger partial charge in [-0.1, -0.05) is 0 Å². The number of phenolic OH excluding ortho intramolecular Hbond substituents is 2. The van der Waals surface area contributed by atoms with Gasteiger partial charge in [-0.2, -0.15) is 0 Å². The summed E-state index contributed by atoms with van der Waals surface area (Å²) in [6.07, 6.45) is -0.165. The summed E-state index contributed by atoms with van der Waals surface area (Å²) >= 11 is 0. The second-order valence-corrected chi connectivity index (χ2v) is 4.18. The molecule has 0 radical (unpaired) electrons. The third kappa shape index (κ3) is 2.55. The minimum atomic E-state index is -0.283. The van der Waals surface area contributed by atoms with E-state index in [1.54, 1.807) is 4.90 Å². The molecule has 6 heteroatoms. The van der Waals surface area contributed by atoms with Crippen molar-refractivity contribution >= 4 is 5.91 Å². The first-order chi connectivity index (χ1) is 8.61. The predicted octanol–water partition coefficient (Wildman–Crippen LogP) is -0.103. The molecule has 2 rings (SSSR count). The topological polar surface area (TPSA) is 96.0 Å². The molecule has 1 unspecified atom stereocenters. The molecule has 1 atom stereocenters. The number of hydrogen-bond donors (Lipinski definition) is 3. The number of amides is 1. The van der Waals surface area contributed by atoms with Crippen LogP contribution in [-0.2, 0) is 4.74 Å². The van der Waals surface area contributed by atoms with Gasteiger partial charge in [0.25, 0.3) is 5.91 Å². The van der Waals surface area contributed by atoms with E-state index in [0.29, 0.717) is 26.2 Å². The van der Waals surface area contributed by atoms with Crippen LogP contribution in [0.15, 0.2) is 18.2 Å². The number of carbonyl (C=O) groups excluding carboxylic acids is 1. The first-order valence-corrected chi connectivity index (χ1v) is 5.74. The van der Waals surface area contributed by atoms with Crippen molar-refractivity contribution in [1.82, 2.24) is 4.90 Å². The van der Waals surface area contributed by atoms with Gasteiger partial charge in [-0.3, -0.25) is 4.79 Å². The maximum Gasteiger partial charge on any atom is 0.257 e. The fourth-order valence-electron chi connectivity index (χ4n) is 1.92. The lowest BCUT2D eigenvalue weighted by Gasteiger charge is -2.32. The van der Waals surface area contributed by atoms with Crippen LogP contribution in [0.25, 0.3) is 0 Å². The zero-order valence-electron chi connectivity index (χ0n) is 9.87. The summed E-state index contributed by atoms with van der Waals surface area (Å²) in [4.78, 5) is 13.8. The van der Waals surface area contributed by atoms with E-state index in [1.807, 2.05) is 0 Å². The Morgan fingerprint density at radius 1 is 1.50 bits per heavy atom. The maximum atomic E-state index is 12.2. The van der Waals surface area contributed by atoms with Gasteiger partial charge in [-0.15, -0.1) is 0 Å². The lowest BCUT2D eigenvalue weighted by atomic mass is 10.1. The molecular weight excluding hydrogens is 236 g/mol. The zero-order valence-corrected chi connectivity index (χ0v) is 9.87. The molecule has 0 aromatic heterocycles. The monoisotopic (exact) mass is 252 g/mol. The Morgan fingerprint density at radius 2 is 2.28 bits per heavy atom. The maximum absolute atomic E-state index is 12.2. The van der Waals surface area contributed by atoms with E-state index < -0.39 is 0 Å². The first-order valence-electron chi connectivity index (χ1n) is 5.74. The summed E-state index contributed by atoms with van der Waals surface area (Å²) in [6, 6.07) is 3.92. The largest absolute Gasteiger partial charge is 0.508 e. The molecule has 0 aliphatic carbocycles. The molecule has 1 saturated heterocycles. The number of nitrogens with two attached hydrogens (primary N) is 1. The summed E-state index contributed by atoms with van der Waals surface area (Å²) in [5.74, 6) is -0.587. The van der Waals surface area contributed by atoms with Crippen LogP contribution in [0.1, 0.15) is 10.4 Å². The van der Waals surface area contributed by atoms with Gasteiger partial charge in [0, 0.05) is 25.7 Å². The SMILES string of the molecule is NCC1CN(C(=O)c2ccc(O)cc2O)CCO1. The van der Waals surface area contributed by atoms with E-state index in [4.69, 9.17) is 10.5 Å². The number of phenols is 2. The number of nitrogens with zero attached hydrogens (tertiary/aromatic N) is 1. The highest BCUT2D eigenvalue weighted by atomic mass is 16.5. The van der Waals surface area contributed by atoms with E-state index in [-0.39, 0.29) is 29.1 Å². The average molecular weight is 252 g/mol. The molecular formula is C12H16N2O4. The van der Waals surface area contributed by atoms with Crippen molar-refractivity contribution in [3.63, 3.8) is 0 Å². The number of morpholine rings is 1. The van der Waals surface area contributed by atoms with Crippen LogP contribution < -0.4 is 5.73 Å². The average Bonchev–Trinajstić information content (AvgIpc) is 2.38. The Bertz CT molecular complexity index is 450. The van der Waals surface area contributed by atoms with Crippen LogP contribution in [-0.4, -0.2) is 53.4 Å². The van der Waals surface area contributed by atoms with Crippen molar-refractivity contribution in [2.45, 2.75) is 6.10 Å². The molecule has 1 fully saturated rings. The number of hydrogen-bond acceptors (Lipinski definition) is 5. The summed E-state index contributed by atoms with van der Waals surface area (Å²) in [7, 11) is 0. The highest BCUT2D eigenvalue weighted by Gasteiger charge is 2.25. The molecule has 0 spiro atoms. The number of carbonyl (C=O) groups is 1. The smallest absolute Gasteiger partial charge is 0.257 e. The summed E-state index contributed by atoms with van der Waals surface area (Å²) in [5, 5.41) is 18.8. The van der Waals surface area contributed by atoms with E-state index >= 15 is 0 Å². The number of ether oxygens (including phenoxy) is 1. The van der Waals surface area contributed by atoms with Gasteiger partial charge in [0.05, 0.1) is 18.3 Å². The van der Waals surface area contributed by atoms with Crippen LogP contribution >= 0.6 is 0 Å². The van der Waals surface area contributed by atoms with Gasteiger partial charge < -0.3 is 25.6 Å². The Balaban J connectivity index is 2.15. The number of aromatic hydroxyl groups is 2. The summed E-state index contributed by atoms with van der Waals surface area (Å²) in [5.41, 5.74) is 5.68. The highest BCUT2D eigenvalue weighted by Crippen LogP contribution is 2.24. The van der Waals surface area contributed by atoms with Crippen molar-refractivity contribution in [2.75, 3.05) is 26.2 Å². The molecule has 1 aliphatic heterocycles. The van der Waals surface area contributed by atoms with Crippen LogP contribution in [0.5, 0.6) is 11.5 Å². The van der Waals surface area contributed by atoms with Crippen LogP contribution in [0.2, 0.25) is 0 Å². The molecule has 1 amide bonds. The van der Waals surface area contributed by atoms with E-state index in [1.165, 1.54) is 12.1 Å². The van der Waals surface area contributed by atoms with Crippen LogP contribution in [0, 0.1) is 0 Å². The molecule has 4 N–H and O–H groups in total. The van der Waals surface area contributed by atoms with Gasteiger partial charge in [0.1, 0.15) is 11.5 Å². The summed E-state index contributed by atoms with van der Waals surface area (Å²) < 4.78 is 5.37. The van der Waals surface area contributed by atoms with Crippen LogP contribution in [0.3, 0.4) is 0 Å². The van der Waals surface area contributed by atoms with E-state index in [0.717, 1.165) is 6.07 Å². The Kier molecular flexibility index (Phi) is 3.69. The molecule has 1 aromatic rings. The van der Waals surface area contributed by atoms with Gasteiger partial charge in [-0.25, -0.2) is 0 Å². The van der Waals surface area contributed by atoms with Gasteiger partial charge in [0.15, 0.2) is 0 Å². The van der Waals surface area contributed by atoms with E-state index in [9.17, 15) is 15.0 Å². The van der Waals surface area contributed by atoms with Gasteiger partial charge in [0.2, 0.25) is 0 Å². The Hall–Kier alpha value is -1.79. The second kappa shape index (κ2) is 5.24. The normalized spacial score (nSPS) is 19.8. The molecule has 0 bridgehead atoms. The second-order valence-electron chi connectivity index (χ2n) is 4.18. The summed E-state index contributed by atoms with van der Waals surface area (Å²) in [6.45, 7) is 1.67. The first kappa shape index (κ1) is 12.7. The minimum absolute atomic E-state index is 0.0779. The Labute approximate surface area is 105 Å². The lowest BCUT2D eigenvalue weighted by molar-refractivity contribution is -0.0168. The van der Waals surface area contributed by atoms with Gasteiger partial charge in [-0.05, 0) is 12.1 Å². The quantitative estimate of drug-likeness (QED) is 0.683. The van der Waals surface area contributed by atoms with Gasteiger partial charge >= 0.3 is 0 Å². The fourth-order valence-corrected chi connectivity index (χ4v) is 1.92. The van der Waals surface area contributed by atoms with Crippen molar-refractivity contribution in [1.29, 1.82) is 0 Å². The van der Waals surface area contributed by atoms with Crippen LogP contribution in [0.4, 0.5) is 0 Å². The van der Waals surface area contributed by atoms with Crippen molar-refractivity contribution in [3.8, 4) is 11.5 Å². The van der Waals surface area contributed by atoms with Crippen molar-refractivity contribution < 1.29 is 19.7 Å². The molecule has 1 aromatic carbocycles. The van der Waals surface area contributed by atoms with E-state index in [2.05, 4.69) is 0 Å². The predicted molar refractivity (Wildman–Crippen MR) is 64.5 cm³/mol. The molecule has 1 heterocycles.